The number of methoxy groups -OCH3 is 1. The summed E-state index contributed by atoms with van der Waals surface area (Å²) in [6.45, 7) is 0. The van der Waals surface area contributed by atoms with Gasteiger partial charge in [-0.05, 0) is 0 Å². The maximum Gasteiger partial charge on any atom is 0.254 e. The molecule has 0 spiro atoms. The lowest BCUT2D eigenvalue weighted by molar-refractivity contribution is 0.0997. The summed E-state index contributed by atoms with van der Waals surface area (Å²) in [6.07, 6.45) is 1.38. The number of amides is 1. The molecule has 0 aliphatic rings. The van der Waals surface area contributed by atoms with E-state index in [-0.39, 0.29) is 5.56 Å². The van der Waals surface area contributed by atoms with Gasteiger partial charge in [-0.1, -0.05) is 11.3 Å². The van der Waals surface area contributed by atoms with Gasteiger partial charge >= 0.3 is 0 Å². The number of primary amides is 1. The topological polar surface area (TPSA) is 78.1 Å². The van der Waals surface area contributed by atoms with Crippen molar-refractivity contribution >= 4 is 27.6 Å². The van der Waals surface area contributed by atoms with Crippen molar-refractivity contribution in [3.05, 3.63) is 17.3 Å². The zero-order valence-corrected chi connectivity index (χ0v) is 8.09. The van der Waals surface area contributed by atoms with Gasteiger partial charge in [0, 0.05) is 6.20 Å². The van der Waals surface area contributed by atoms with Crippen LogP contribution < -0.4 is 10.5 Å². The van der Waals surface area contributed by atoms with Crippen LogP contribution in [0.1, 0.15) is 10.4 Å². The Balaban J connectivity index is 2.78. The fraction of sp³-hybridized carbons (Fsp3) is 0.125. The van der Waals surface area contributed by atoms with Crippen LogP contribution in [-0.2, 0) is 0 Å². The zero-order chi connectivity index (χ0) is 10.1. The minimum Gasteiger partial charge on any atom is -0.493 e. The summed E-state index contributed by atoms with van der Waals surface area (Å²) in [7, 11) is 1.46. The Bertz CT molecular complexity index is 494. The highest BCUT2D eigenvalue weighted by molar-refractivity contribution is 7.15. The summed E-state index contributed by atoms with van der Waals surface area (Å²) in [5, 5.41) is 0. The quantitative estimate of drug-likeness (QED) is 0.783. The van der Waals surface area contributed by atoms with Gasteiger partial charge in [0.25, 0.3) is 5.91 Å². The molecule has 0 saturated heterocycles. The summed E-state index contributed by atoms with van der Waals surface area (Å²) in [5.74, 6) is -0.218. The van der Waals surface area contributed by atoms with E-state index in [1.54, 1.807) is 0 Å². The summed E-state index contributed by atoms with van der Waals surface area (Å²) in [4.78, 5) is 19.6. The summed E-state index contributed by atoms with van der Waals surface area (Å²) >= 11 is 1.26. The lowest BCUT2D eigenvalue weighted by atomic mass is 10.2. The number of carbonyl (C=O) groups is 1. The van der Waals surface area contributed by atoms with E-state index in [4.69, 9.17) is 10.5 Å². The van der Waals surface area contributed by atoms with Crippen LogP contribution in [0.2, 0.25) is 0 Å². The largest absolute Gasteiger partial charge is 0.493 e. The zero-order valence-electron chi connectivity index (χ0n) is 7.27. The SMILES string of the molecule is COc1c(C(N)=O)cnc2s[c]nc12. The highest BCUT2D eigenvalue weighted by Gasteiger charge is 2.15. The van der Waals surface area contributed by atoms with Gasteiger partial charge in [0.1, 0.15) is 15.9 Å². The van der Waals surface area contributed by atoms with Crippen LogP contribution in [0.15, 0.2) is 6.20 Å². The van der Waals surface area contributed by atoms with E-state index in [9.17, 15) is 4.79 Å². The lowest BCUT2D eigenvalue weighted by Crippen LogP contribution is -2.13. The Morgan fingerprint density at radius 2 is 2.50 bits per heavy atom. The van der Waals surface area contributed by atoms with E-state index in [0.717, 1.165) is 0 Å². The molecule has 0 atom stereocenters. The summed E-state index contributed by atoms with van der Waals surface area (Å²) < 4.78 is 5.06. The van der Waals surface area contributed by atoms with E-state index in [0.29, 0.717) is 16.1 Å². The number of thiazole rings is 1. The predicted molar refractivity (Wildman–Crippen MR) is 51.3 cm³/mol. The van der Waals surface area contributed by atoms with Crippen molar-refractivity contribution in [1.82, 2.24) is 9.97 Å². The molecular formula is C8H6N3O2S. The number of ether oxygens (including phenoxy) is 1. The van der Waals surface area contributed by atoms with Crippen molar-refractivity contribution in [3.63, 3.8) is 0 Å². The average Bonchev–Trinajstić information content (AvgIpc) is 2.63. The molecule has 5 nitrogen and oxygen atoms in total. The number of hydrogen-bond donors (Lipinski definition) is 1. The van der Waals surface area contributed by atoms with E-state index < -0.39 is 5.91 Å². The number of hydrogen-bond acceptors (Lipinski definition) is 5. The molecular weight excluding hydrogens is 202 g/mol. The second-order valence-corrected chi connectivity index (χ2v) is 3.30. The molecule has 0 unspecified atom stereocenters. The van der Waals surface area contributed by atoms with Crippen LogP contribution in [-0.4, -0.2) is 23.0 Å². The molecule has 0 saturated carbocycles. The number of fused-ring (bicyclic) bond motifs is 1. The van der Waals surface area contributed by atoms with Gasteiger partial charge in [-0.2, -0.15) is 0 Å². The van der Waals surface area contributed by atoms with Crippen LogP contribution in [0, 0.1) is 5.51 Å². The van der Waals surface area contributed by atoms with Crippen LogP contribution in [0.25, 0.3) is 10.3 Å². The third kappa shape index (κ3) is 1.20. The van der Waals surface area contributed by atoms with E-state index in [2.05, 4.69) is 15.5 Å². The normalized spacial score (nSPS) is 10.4. The van der Waals surface area contributed by atoms with Crippen molar-refractivity contribution in [2.45, 2.75) is 0 Å². The van der Waals surface area contributed by atoms with Crippen LogP contribution >= 0.6 is 11.3 Å². The van der Waals surface area contributed by atoms with Crippen molar-refractivity contribution in [2.75, 3.05) is 7.11 Å². The van der Waals surface area contributed by atoms with Crippen LogP contribution in [0.5, 0.6) is 5.75 Å². The molecule has 1 radical (unpaired) electrons. The van der Waals surface area contributed by atoms with Gasteiger partial charge < -0.3 is 10.5 Å². The first-order chi connectivity index (χ1) is 6.74. The fourth-order valence-electron chi connectivity index (χ4n) is 1.13. The third-order valence-corrected chi connectivity index (χ3v) is 2.42. The summed E-state index contributed by atoms with van der Waals surface area (Å²) in [6, 6.07) is 0. The minimum atomic E-state index is -0.579. The average molecular weight is 208 g/mol. The number of rotatable bonds is 2. The first kappa shape index (κ1) is 8.89. The first-order valence-electron chi connectivity index (χ1n) is 3.73. The molecule has 1 amide bonds. The van der Waals surface area contributed by atoms with Gasteiger partial charge in [0.15, 0.2) is 11.3 Å². The number of aromatic nitrogens is 2. The number of pyridine rings is 1. The molecule has 0 aliphatic carbocycles. The van der Waals surface area contributed by atoms with Crippen LogP contribution in [0.4, 0.5) is 0 Å². The molecule has 2 rings (SSSR count). The molecule has 6 heteroatoms. The second kappa shape index (κ2) is 3.22. The molecule has 2 aromatic heterocycles. The highest BCUT2D eigenvalue weighted by Crippen LogP contribution is 2.28. The number of nitrogens with zero attached hydrogens (tertiary/aromatic N) is 2. The molecule has 0 bridgehead atoms. The Morgan fingerprint density at radius 3 is 3.14 bits per heavy atom. The Labute approximate surface area is 83.5 Å². The van der Waals surface area contributed by atoms with Gasteiger partial charge in [-0.3, -0.25) is 4.79 Å². The van der Waals surface area contributed by atoms with E-state index >= 15 is 0 Å². The molecule has 2 aromatic rings. The van der Waals surface area contributed by atoms with Gasteiger partial charge in [0.05, 0.1) is 7.11 Å². The van der Waals surface area contributed by atoms with Gasteiger partial charge in [-0.25, -0.2) is 9.97 Å². The van der Waals surface area contributed by atoms with Crippen molar-refractivity contribution < 1.29 is 9.53 Å². The smallest absolute Gasteiger partial charge is 0.254 e. The molecule has 0 aromatic carbocycles. The number of nitrogens with two attached hydrogens (primary N) is 1. The minimum absolute atomic E-state index is 0.235. The van der Waals surface area contributed by atoms with E-state index in [1.807, 2.05) is 0 Å². The maximum absolute atomic E-state index is 11.0. The standard InChI is InChI=1S/C8H6N3O2S/c1-13-6-4(7(9)12)2-10-8-5(6)11-3-14-8/h2H,1H3,(H2,9,12). The Morgan fingerprint density at radius 1 is 1.71 bits per heavy atom. The molecule has 2 N–H and O–H groups in total. The molecule has 14 heavy (non-hydrogen) atoms. The Kier molecular flexibility index (Phi) is 2.05. The highest BCUT2D eigenvalue weighted by atomic mass is 32.1. The second-order valence-electron chi connectivity index (χ2n) is 2.53. The number of carbonyl (C=O) groups excluding carboxylic acids is 1. The third-order valence-electron chi connectivity index (χ3n) is 1.74. The molecule has 0 fully saturated rings. The first-order valence-corrected chi connectivity index (χ1v) is 4.55. The van der Waals surface area contributed by atoms with Crippen LogP contribution in [0.3, 0.4) is 0 Å². The van der Waals surface area contributed by atoms with E-state index in [1.165, 1.54) is 24.6 Å². The lowest BCUT2D eigenvalue weighted by Gasteiger charge is -2.04. The summed E-state index contributed by atoms with van der Waals surface area (Å²) in [5.41, 5.74) is 8.59. The monoisotopic (exact) mass is 208 g/mol. The molecule has 0 aliphatic heterocycles. The Hall–Kier alpha value is -1.69. The van der Waals surface area contributed by atoms with Crippen molar-refractivity contribution in [2.24, 2.45) is 5.73 Å². The molecule has 2 heterocycles. The predicted octanol–water partition coefficient (Wildman–Crippen LogP) is 0.599. The van der Waals surface area contributed by atoms with Gasteiger partial charge in [0.2, 0.25) is 0 Å². The van der Waals surface area contributed by atoms with Gasteiger partial charge in [-0.15, -0.1) is 0 Å². The maximum atomic E-state index is 11.0. The fourth-order valence-corrected chi connectivity index (χ4v) is 1.70. The van der Waals surface area contributed by atoms with Crippen molar-refractivity contribution in [3.8, 4) is 5.75 Å². The molecule has 71 valence electrons. The van der Waals surface area contributed by atoms with Crippen molar-refractivity contribution in [1.29, 1.82) is 0 Å².